The van der Waals surface area contributed by atoms with Gasteiger partial charge in [-0.15, -0.1) is 0 Å². The topological polar surface area (TPSA) is 32.8 Å². The Bertz CT molecular complexity index is 349. The fourth-order valence-electron chi connectivity index (χ4n) is 3.84. The smallest absolute Gasteiger partial charge is 0.222 e. The molecule has 1 aliphatic carbocycles. The van der Waals surface area contributed by atoms with Crippen LogP contribution in [0.15, 0.2) is 0 Å². The Labute approximate surface area is 128 Å². The highest BCUT2D eigenvalue weighted by Crippen LogP contribution is 2.31. The van der Waals surface area contributed by atoms with Crippen LogP contribution in [0.1, 0.15) is 51.9 Å². The average Bonchev–Trinajstić information content (AvgIpc) is 3.32. The van der Waals surface area contributed by atoms with E-state index >= 15 is 0 Å². The van der Waals surface area contributed by atoms with E-state index in [4.69, 9.17) is 4.74 Å². The maximum atomic E-state index is 12.2. The molecule has 3 rings (SSSR count). The Kier molecular flexibility index (Phi) is 5.17. The third kappa shape index (κ3) is 4.19. The lowest BCUT2D eigenvalue weighted by molar-refractivity contribution is -0.130. The fourth-order valence-corrected chi connectivity index (χ4v) is 3.84. The Balaban J connectivity index is 1.47. The van der Waals surface area contributed by atoms with Crippen LogP contribution < -0.4 is 0 Å². The molecule has 3 aliphatic rings. The summed E-state index contributed by atoms with van der Waals surface area (Å²) in [4.78, 5) is 17.0. The van der Waals surface area contributed by atoms with Crippen LogP contribution in [0.4, 0.5) is 0 Å². The minimum Gasteiger partial charge on any atom is -0.378 e. The van der Waals surface area contributed by atoms with E-state index in [2.05, 4.69) is 16.7 Å². The molecule has 1 saturated carbocycles. The Morgan fingerprint density at radius 3 is 2.48 bits per heavy atom. The molecule has 0 aromatic heterocycles. The van der Waals surface area contributed by atoms with Crippen molar-refractivity contribution >= 4 is 5.91 Å². The van der Waals surface area contributed by atoms with Crippen molar-refractivity contribution in [3.8, 4) is 0 Å². The second kappa shape index (κ2) is 7.10. The summed E-state index contributed by atoms with van der Waals surface area (Å²) in [5.74, 6) is 1.21. The number of carbonyl (C=O) groups is 1. The van der Waals surface area contributed by atoms with Crippen LogP contribution in [-0.2, 0) is 9.53 Å². The molecule has 4 heteroatoms. The molecule has 1 atom stereocenters. The van der Waals surface area contributed by atoms with Crippen LogP contribution in [0, 0.1) is 5.92 Å². The van der Waals surface area contributed by atoms with E-state index < -0.39 is 0 Å². The zero-order valence-electron chi connectivity index (χ0n) is 13.4. The summed E-state index contributed by atoms with van der Waals surface area (Å²) in [7, 11) is 0. The monoisotopic (exact) mass is 294 g/mol. The van der Waals surface area contributed by atoms with Crippen molar-refractivity contribution in [3.05, 3.63) is 0 Å². The number of ether oxygens (including phenoxy) is 1. The first kappa shape index (κ1) is 15.3. The standard InChI is InChI=1S/C17H30N2O2/c1-2-21-16-8-11-18(12-9-16)15-5-6-17(20)19(10-7-15)13-14-3-4-14/h14-16H,2-13H2,1H3/t15-/m0/s1. The zero-order valence-corrected chi connectivity index (χ0v) is 13.4. The number of rotatable bonds is 5. The van der Waals surface area contributed by atoms with Crippen molar-refractivity contribution in [1.82, 2.24) is 9.80 Å². The molecule has 2 saturated heterocycles. The van der Waals surface area contributed by atoms with Gasteiger partial charge in [-0.05, 0) is 51.4 Å². The number of hydrogen-bond acceptors (Lipinski definition) is 3. The van der Waals surface area contributed by atoms with Crippen molar-refractivity contribution in [2.45, 2.75) is 64.0 Å². The van der Waals surface area contributed by atoms with Crippen molar-refractivity contribution in [2.75, 3.05) is 32.8 Å². The van der Waals surface area contributed by atoms with Crippen LogP contribution in [0.25, 0.3) is 0 Å². The molecule has 3 fully saturated rings. The first-order valence-corrected chi connectivity index (χ1v) is 8.89. The van der Waals surface area contributed by atoms with Crippen molar-refractivity contribution in [2.24, 2.45) is 5.92 Å². The lowest BCUT2D eigenvalue weighted by Crippen LogP contribution is -2.43. The molecule has 2 aliphatic heterocycles. The molecule has 0 aromatic rings. The number of piperidine rings is 1. The van der Waals surface area contributed by atoms with Gasteiger partial charge in [0, 0.05) is 45.2 Å². The van der Waals surface area contributed by atoms with Gasteiger partial charge in [0.25, 0.3) is 0 Å². The molecule has 0 aromatic carbocycles. The molecule has 21 heavy (non-hydrogen) atoms. The van der Waals surface area contributed by atoms with Gasteiger partial charge in [0.15, 0.2) is 0 Å². The summed E-state index contributed by atoms with van der Waals surface area (Å²) in [5.41, 5.74) is 0. The third-order valence-corrected chi connectivity index (χ3v) is 5.35. The molecule has 1 amide bonds. The number of hydrogen-bond donors (Lipinski definition) is 0. The molecule has 0 spiro atoms. The predicted molar refractivity (Wildman–Crippen MR) is 83.2 cm³/mol. The van der Waals surface area contributed by atoms with Gasteiger partial charge in [-0.1, -0.05) is 0 Å². The zero-order chi connectivity index (χ0) is 14.7. The summed E-state index contributed by atoms with van der Waals surface area (Å²) in [5, 5.41) is 0. The summed E-state index contributed by atoms with van der Waals surface area (Å²) >= 11 is 0. The molecule has 4 nitrogen and oxygen atoms in total. The quantitative estimate of drug-likeness (QED) is 0.780. The lowest BCUT2D eigenvalue weighted by atomic mass is 10.0. The van der Waals surface area contributed by atoms with Gasteiger partial charge in [0.1, 0.15) is 0 Å². The molecule has 2 heterocycles. The lowest BCUT2D eigenvalue weighted by Gasteiger charge is -2.37. The Hall–Kier alpha value is -0.610. The van der Waals surface area contributed by atoms with Gasteiger partial charge in [-0.3, -0.25) is 4.79 Å². The molecule has 0 radical (unpaired) electrons. The highest BCUT2D eigenvalue weighted by Gasteiger charge is 2.32. The first-order valence-electron chi connectivity index (χ1n) is 8.89. The van der Waals surface area contributed by atoms with Gasteiger partial charge >= 0.3 is 0 Å². The molecular weight excluding hydrogens is 264 g/mol. The van der Waals surface area contributed by atoms with Crippen LogP contribution in [0.3, 0.4) is 0 Å². The fraction of sp³-hybridized carbons (Fsp3) is 0.941. The Morgan fingerprint density at radius 2 is 1.81 bits per heavy atom. The molecule has 0 N–H and O–H groups in total. The number of amides is 1. The number of carbonyl (C=O) groups excluding carboxylic acids is 1. The minimum absolute atomic E-state index is 0.397. The third-order valence-electron chi connectivity index (χ3n) is 5.35. The molecule has 120 valence electrons. The van der Waals surface area contributed by atoms with Gasteiger partial charge < -0.3 is 14.5 Å². The maximum absolute atomic E-state index is 12.2. The van der Waals surface area contributed by atoms with E-state index in [0.29, 0.717) is 18.1 Å². The molecular formula is C17H30N2O2. The summed E-state index contributed by atoms with van der Waals surface area (Å²) < 4.78 is 5.74. The second-order valence-corrected chi connectivity index (χ2v) is 6.95. The molecule has 0 unspecified atom stereocenters. The second-order valence-electron chi connectivity index (χ2n) is 6.95. The van der Waals surface area contributed by atoms with Gasteiger partial charge in [0.05, 0.1) is 6.10 Å². The van der Waals surface area contributed by atoms with Crippen molar-refractivity contribution in [1.29, 1.82) is 0 Å². The van der Waals surface area contributed by atoms with Gasteiger partial charge in [0.2, 0.25) is 5.91 Å². The van der Waals surface area contributed by atoms with E-state index in [-0.39, 0.29) is 0 Å². The maximum Gasteiger partial charge on any atom is 0.222 e. The van der Waals surface area contributed by atoms with Gasteiger partial charge in [-0.25, -0.2) is 0 Å². The van der Waals surface area contributed by atoms with E-state index in [1.807, 2.05) is 0 Å². The summed E-state index contributed by atoms with van der Waals surface area (Å²) in [6, 6.07) is 0.612. The largest absolute Gasteiger partial charge is 0.378 e. The first-order chi connectivity index (χ1) is 10.3. The van der Waals surface area contributed by atoms with Crippen LogP contribution in [0.2, 0.25) is 0 Å². The Morgan fingerprint density at radius 1 is 1.05 bits per heavy atom. The summed E-state index contributed by atoms with van der Waals surface area (Å²) in [6.07, 6.45) is 8.41. The van der Waals surface area contributed by atoms with Crippen LogP contribution >= 0.6 is 0 Å². The SMILES string of the molecule is CCOC1CCN([C@H]2CCC(=O)N(CC3CC3)CC2)CC1. The van der Waals surface area contributed by atoms with E-state index in [0.717, 1.165) is 70.8 Å². The van der Waals surface area contributed by atoms with Crippen LogP contribution in [-0.4, -0.2) is 60.6 Å². The minimum atomic E-state index is 0.397. The molecule has 0 bridgehead atoms. The number of nitrogens with zero attached hydrogens (tertiary/aromatic N) is 2. The highest BCUT2D eigenvalue weighted by atomic mass is 16.5. The van der Waals surface area contributed by atoms with Crippen LogP contribution in [0.5, 0.6) is 0 Å². The number of likely N-dealkylation sites (tertiary alicyclic amines) is 2. The van der Waals surface area contributed by atoms with E-state index in [9.17, 15) is 4.79 Å². The van der Waals surface area contributed by atoms with Gasteiger partial charge in [-0.2, -0.15) is 0 Å². The predicted octanol–water partition coefficient (Wildman–Crippen LogP) is 2.28. The normalized spacial score (nSPS) is 29.7. The van der Waals surface area contributed by atoms with Crippen molar-refractivity contribution in [3.63, 3.8) is 0 Å². The van der Waals surface area contributed by atoms with E-state index in [1.165, 1.54) is 12.8 Å². The average molecular weight is 294 g/mol. The van der Waals surface area contributed by atoms with E-state index in [1.54, 1.807) is 0 Å². The highest BCUT2D eigenvalue weighted by molar-refractivity contribution is 5.76. The summed E-state index contributed by atoms with van der Waals surface area (Å²) in [6.45, 7) is 7.21. The van der Waals surface area contributed by atoms with Crippen molar-refractivity contribution < 1.29 is 9.53 Å².